The molecule has 0 amide bonds. The van der Waals surface area contributed by atoms with Crippen molar-refractivity contribution in [3.05, 3.63) is 64.7 Å². The van der Waals surface area contributed by atoms with Crippen LogP contribution in [-0.2, 0) is 5.54 Å². The summed E-state index contributed by atoms with van der Waals surface area (Å²) in [4.78, 5) is 0. The van der Waals surface area contributed by atoms with E-state index in [1.165, 1.54) is 16.7 Å². The van der Waals surface area contributed by atoms with Crippen molar-refractivity contribution in [2.45, 2.75) is 33.2 Å². The fourth-order valence-corrected chi connectivity index (χ4v) is 2.67. The summed E-state index contributed by atoms with van der Waals surface area (Å²) in [6.07, 6.45) is 0. The summed E-state index contributed by atoms with van der Waals surface area (Å²) in [5.74, 6) is 0. The lowest BCUT2D eigenvalue weighted by Gasteiger charge is -2.32. The molecular weight excluding hydrogens is 246 g/mol. The van der Waals surface area contributed by atoms with E-state index in [-0.39, 0.29) is 6.61 Å². The molecule has 2 heteroatoms. The molecule has 0 radical (unpaired) electrons. The zero-order chi connectivity index (χ0) is 14.8. The number of anilines is 1. The fraction of sp³-hybridized carbons (Fsp3) is 0.333. The molecule has 0 aliphatic heterocycles. The van der Waals surface area contributed by atoms with Crippen LogP contribution in [0.5, 0.6) is 0 Å². The minimum absolute atomic E-state index is 0.0465. The van der Waals surface area contributed by atoms with E-state index in [0.717, 1.165) is 11.3 Å². The van der Waals surface area contributed by atoms with Gasteiger partial charge in [-0.1, -0.05) is 35.9 Å². The summed E-state index contributed by atoms with van der Waals surface area (Å²) < 4.78 is 0. The third kappa shape index (κ3) is 3.02. The topological polar surface area (TPSA) is 32.3 Å². The summed E-state index contributed by atoms with van der Waals surface area (Å²) in [5, 5.41) is 13.4. The highest BCUT2D eigenvalue weighted by Gasteiger charge is 2.27. The van der Waals surface area contributed by atoms with E-state index in [9.17, 15) is 5.11 Å². The molecule has 106 valence electrons. The van der Waals surface area contributed by atoms with Gasteiger partial charge in [-0.15, -0.1) is 0 Å². The molecule has 0 fully saturated rings. The van der Waals surface area contributed by atoms with E-state index < -0.39 is 5.54 Å². The number of hydrogen-bond acceptors (Lipinski definition) is 2. The van der Waals surface area contributed by atoms with Crippen molar-refractivity contribution >= 4 is 5.69 Å². The van der Waals surface area contributed by atoms with Crippen LogP contribution in [0.1, 0.15) is 29.2 Å². The van der Waals surface area contributed by atoms with Crippen molar-refractivity contribution < 1.29 is 5.11 Å². The Bertz CT molecular complexity index is 606. The van der Waals surface area contributed by atoms with E-state index in [2.05, 4.69) is 56.4 Å². The van der Waals surface area contributed by atoms with Crippen molar-refractivity contribution in [3.63, 3.8) is 0 Å². The van der Waals surface area contributed by atoms with Gasteiger partial charge in [0.25, 0.3) is 0 Å². The maximum Gasteiger partial charge on any atom is 0.0830 e. The highest BCUT2D eigenvalue weighted by molar-refractivity contribution is 5.51. The molecule has 0 saturated carbocycles. The van der Waals surface area contributed by atoms with Gasteiger partial charge in [-0.2, -0.15) is 0 Å². The molecular formula is C18H23NO. The van der Waals surface area contributed by atoms with Gasteiger partial charge in [0, 0.05) is 5.69 Å². The summed E-state index contributed by atoms with van der Waals surface area (Å²) >= 11 is 0. The van der Waals surface area contributed by atoms with Crippen molar-refractivity contribution in [2.75, 3.05) is 11.9 Å². The van der Waals surface area contributed by atoms with E-state index in [0.29, 0.717) is 0 Å². The van der Waals surface area contributed by atoms with Crippen LogP contribution in [0.15, 0.2) is 42.5 Å². The van der Waals surface area contributed by atoms with E-state index in [1.54, 1.807) is 0 Å². The van der Waals surface area contributed by atoms with Gasteiger partial charge in [0.1, 0.15) is 0 Å². The van der Waals surface area contributed by atoms with E-state index in [1.807, 2.05) is 19.1 Å². The fourth-order valence-electron chi connectivity index (χ4n) is 2.67. The van der Waals surface area contributed by atoms with Crippen LogP contribution in [0.2, 0.25) is 0 Å². The molecule has 0 bridgehead atoms. The predicted octanol–water partition coefficient (Wildman–Crippen LogP) is 3.93. The Balaban J connectivity index is 2.38. The third-order valence-corrected chi connectivity index (χ3v) is 3.73. The lowest BCUT2D eigenvalue weighted by atomic mass is 9.88. The molecule has 0 aliphatic rings. The lowest BCUT2D eigenvalue weighted by molar-refractivity contribution is 0.223. The number of nitrogens with one attached hydrogen (secondary N) is 1. The van der Waals surface area contributed by atoms with Crippen LogP contribution >= 0.6 is 0 Å². The minimum Gasteiger partial charge on any atom is -0.394 e. The first-order valence-electron chi connectivity index (χ1n) is 6.98. The standard InChI is InChI=1S/C18H23NO/c1-13-6-5-7-16(11-13)19-18(4,12-20)17-9-8-14(2)10-15(17)3/h5-11,19-20H,12H2,1-4H3. The Hall–Kier alpha value is -1.80. The van der Waals surface area contributed by atoms with E-state index in [4.69, 9.17) is 0 Å². The summed E-state index contributed by atoms with van der Waals surface area (Å²) in [6.45, 7) is 8.33. The number of hydrogen-bond donors (Lipinski definition) is 2. The molecule has 2 nitrogen and oxygen atoms in total. The minimum atomic E-state index is -0.481. The first kappa shape index (κ1) is 14.6. The third-order valence-electron chi connectivity index (χ3n) is 3.73. The Morgan fingerprint density at radius 2 is 1.70 bits per heavy atom. The van der Waals surface area contributed by atoms with Gasteiger partial charge >= 0.3 is 0 Å². The Kier molecular flexibility index (Phi) is 4.15. The molecule has 0 saturated heterocycles. The first-order valence-corrected chi connectivity index (χ1v) is 6.98. The molecule has 2 aromatic carbocycles. The average Bonchev–Trinajstić information content (AvgIpc) is 2.38. The predicted molar refractivity (Wildman–Crippen MR) is 85.2 cm³/mol. The largest absolute Gasteiger partial charge is 0.394 e. The van der Waals surface area contributed by atoms with Gasteiger partial charge in [-0.25, -0.2) is 0 Å². The zero-order valence-corrected chi connectivity index (χ0v) is 12.7. The van der Waals surface area contributed by atoms with Crippen LogP contribution in [0.3, 0.4) is 0 Å². The lowest BCUT2D eigenvalue weighted by Crippen LogP contribution is -2.36. The van der Waals surface area contributed by atoms with Crippen molar-refractivity contribution in [2.24, 2.45) is 0 Å². The second-order valence-electron chi connectivity index (χ2n) is 5.80. The Morgan fingerprint density at radius 3 is 2.30 bits per heavy atom. The normalized spacial score (nSPS) is 13.8. The monoisotopic (exact) mass is 269 g/mol. The SMILES string of the molecule is Cc1cccc(NC(C)(CO)c2ccc(C)cc2C)c1. The van der Waals surface area contributed by atoms with Crippen LogP contribution in [0.25, 0.3) is 0 Å². The second kappa shape index (κ2) is 5.68. The highest BCUT2D eigenvalue weighted by atomic mass is 16.3. The van der Waals surface area contributed by atoms with Gasteiger partial charge in [-0.05, 0) is 56.5 Å². The van der Waals surface area contributed by atoms with Crippen molar-refractivity contribution in [1.29, 1.82) is 0 Å². The van der Waals surface area contributed by atoms with Gasteiger partial charge in [0.05, 0.1) is 12.1 Å². The van der Waals surface area contributed by atoms with Gasteiger partial charge < -0.3 is 10.4 Å². The van der Waals surface area contributed by atoms with Gasteiger partial charge in [-0.3, -0.25) is 0 Å². The number of benzene rings is 2. The number of aliphatic hydroxyl groups is 1. The molecule has 2 N–H and O–H groups in total. The number of aryl methyl sites for hydroxylation is 3. The zero-order valence-electron chi connectivity index (χ0n) is 12.7. The van der Waals surface area contributed by atoms with Crippen LogP contribution in [0, 0.1) is 20.8 Å². The van der Waals surface area contributed by atoms with Crippen LogP contribution in [0.4, 0.5) is 5.69 Å². The summed E-state index contributed by atoms with van der Waals surface area (Å²) in [5.41, 5.74) is 5.32. The van der Waals surface area contributed by atoms with Crippen molar-refractivity contribution in [1.82, 2.24) is 0 Å². The van der Waals surface area contributed by atoms with Crippen molar-refractivity contribution in [3.8, 4) is 0 Å². The number of rotatable bonds is 4. The molecule has 2 aromatic rings. The van der Waals surface area contributed by atoms with Gasteiger partial charge in [0.2, 0.25) is 0 Å². The van der Waals surface area contributed by atoms with Gasteiger partial charge in [0.15, 0.2) is 0 Å². The van der Waals surface area contributed by atoms with E-state index >= 15 is 0 Å². The highest BCUT2D eigenvalue weighted by Crippen LogP contribution is 2.29. The first-order chi connectivity index (χ1) is 9.44. The summed E-state index contributed by atoms with van der Waals surface area (Å²) in [6, 6.07) is 14.6. The van der Waals surface area contributed by atoms with Crippen LogP contribution in [-0.4, -0.2) is 11.7 Å². The quantitative estimate of drug-likeness (QED) is 0.881. The molecule has 20 heavy (non-hydrogen) atoms. The molecule has 1 atom stereocenters. The molecule has 0 heterocycles. The summed E-state index contributed by atoms with van der Waals surface area (Å²) in [7, 11) is 0. The Labute approximate surface area is 121 Å². The van der Waals surface area contributed by atoms with Crippen LogP contribution < -0.4 is 5.32 Å². The molecule has 0 spiro atoms. The number of aliphatic hydroxyl groups excluding tert-OH is 1. The molecule has 0 aromatic heterocycles. The maximum absolute atomic E-state index is 9.90. The Morgan fingerprint density at radius 1 is 1.00 bits per heavy atom. The second-order valence-corrected chi connectivity index (χ2v) is 5.80. The average molecular weight is 269 g/mol. The molecule has 2 rings (SSSR count). The molecule has 0 aliphatic carbocycles. The maximum atomic E-state index is 9.90. The smallest absolute Gasteiger partial charge is 0.0830 e. The molecule has 1 unspecified atom stereocenters.